The molecule has 154 valence electrons. The van der Waals surface area contributed by atoms with Gasteiger partial charge in [0.2, 0.25) is 10.0 Å². The molecule has 6 nitrogen and oxygen atoms in total. The third-order valence-corrected chi connectivity index (χ3v) is 7.15. The third-order valence-electron chi connectivity index (χ3n) is 5.10. The molecule has 0 aliphatic carbocycles. The topological polar surface area (TPSA) is 79.6 Å². The van der Waals surface area contributed by atoms with E-state index in [1.807, 2.05) is 37.3 Å². The second-order valence-corrected chi connectivity index (χ2v) is 8.85. The lowest BCUT2D eigenvalue weighted by Gasteiger charge is -2.18. The van der Waals surface area contributed by atoms with Crippen LogP contribution < -0.4 is 5.32 Å². The maximum Gasteiger partial charge on any atom is 0.287 e. The maximum absolute atomic E-state index is 12.8. The molecule has 7 heteroatoms. The van der Waals surface area contributed by atoms with Crippen LogP contribution in [0.25, 0.3) is 11.0 Å². The van der Waals surface area contributed by atoms with Gasteiger partial charge in [-0.15, -0.1) is 0 Å². The van der Waals surface area contributed by atoms with Crippen molar-refractivity contribution in [3.05, 3.63) is 65.4 Å². The van der Waals surface area contributed by atoms with Gasteiger partial charge in [-0.3, -0.25) is 4.79 Å². The van der Waals surface area contributed by atoms with Crippen LogP contribution in [0.15, 0.2) is 57.8 Å². The number of furan rings is 1. The van der Waals surface area contributed by atoms with Crippen LogP contribution in [0.5, 0.6) is 0 Å². The number of nitrogens with zero attached hydrogens (tertiary/aromatic N) is 1. The molecule has 0 radical (unpaired) electrons. The molecule has 0 spiro atoms. The van der Waals surface area contributed by atoms with E-state index in [-0.39, 0.29) is 22.6 Å². The smallest absolute Gasteiger partial charge is 0.287 e. The van der Waals surface area contributed by atoms with Crippen molar-refractivity contribution in [2.24, 2.45) is 0 Å². The number of sulfonamides is 1. The predicted molar refractivity (Wildman–Crippen MR) is 113 cm³/mol. The Kier molecular flexibility index (Phi) is 6.10. The van der Waals surface area contributed by atoms with Gasteiger partial charge in [-0.1, -0.05) is 44.2 Å². The number of nitrogens with one attached hydrogen (secondary N) is 1. The van der Waals surface area contributed by atoms with Crippen molar-refractivity contribution < 1.29 is 17.6 Å². The minimum absolute atomic E-state index is 0.185. The summed E-state index contributed by atoms with van der Waals surface area (Å²) < 4.78 is 32.8. The first-order valence-electron chi connectivity index (χ1n) is 9.68. The van der Waals surface area contributed by atoms with Crippen molar-refractivity contribution in [2.75, 3.05) is 13.1 Å². The average Bonchev–Trinajstić information content (AvgIpc) is 3.05. The van der Waals surface area contributed by atoms with Gasteiger partial charge in [0.15, 0.2) is 5.76 Å². The molecule has 1 atom stereocenters. The van der Waals surface area contributed by atoms with Crippen molar-refractivity contribution in [3.63, 3.8) is 0 Å². The van der Waals surface area contributed by atoms with Gasteiger partial charge in [0, 0.05) is 24.0 Å². The minimum atomic E-state index is -3.58. The number of aryl methyl sites for hydroxylation is 1. The number of amides is 1. The van der Waals surface area contributed by atoms with E-state index in [9.17, 15) is 13.2 Å². The molecule has 1 unspecified atom stereocenters. The van der Waals surface area contributed by atoms with Gasteiger partial charge in [-0.25, -0.2) is 8.42 Å². The molecule has 1 aromatic heterocycles. The van der Waals surface area contributed by atoms with E-state index in [0.717, 1.165) is 5.56 Å². The highest BCUT2D eigenvalue weighted by Gasteiger charge is 2.25. The van der Waals surface area contributed by atoms with Crippen molar-refractivity contribution in [2.45, 2.75) is 38.6 Å². The largest absolute Gasteiger partial charge is 0.451 e. The van der Waals surface area contributed by atoms with Crippen LogP contribution in [0.4, 0.5) is 0 Å². The van der Waals surface area contributed by atoms with Crippen molar-refractivity contribution in [1.29, 1.82) is 0 Å². The van der Waals surface area contributed by atoms with E-state index >= 15 is 0 Å². The van der Waals surface area contributed by atoms with Gasteiger partial charge in [0.05, 0.1) is 10.9 Å². The van der Waals surface area contributed by atoms with Gasteiger partial charge in [-0.05, 0) is 37.6 Å². The van der Waals surface area contributed by atoms with E-state index in [4.69, 9.17) is 4.42 Å². The van der Waals surface area contributed by atoms with Gasteiger partial charge >= 0.3 is 0 Å². The van der Waals surface area contributed by atoms with Gasteiger partial charge in [-0.2, -0.15) is 4.31 Å². The molecule has 3 aromatic rings. The van der Waals surface area contributed by atoms with Crippen LogP contribution in [-0.2, 0) is 10.0 Å². The quantitative estimate of drug-likeness (QED) is 0.626. The Bertz CT molecular complexity index is 1120. The van der Waals surface area contributed by atoms with Crippen LogP contribution in [0.3, 0.4) is 0 Å². The van der Waals surface area contributed by atoms with E-state index < -0.39 is 10.0 Å². The molecule has 0 fully saturated rings. The second-order valence-electron chi connectivity index (χ2n) is 6.91. The number of benzene rings is 2. The molecule has 29 heavy (non-hydrogen) atoms. The Hall–Kier alpha value is -2.64. The summed E-state index contributed by atoms with van der Waals surface area (Å²) in [4.78, 5) is 13.0. The summed E-state index contributed by atoms with van der Waals surface area (Å²) in [5, 5.41) is 3.56. The number of carbonyl (C=O) groups excluding carboxylic acids is 1. The number of carbonyl (C=O) groups is 1. The Morgan fingerprint density at radius 1 is 1.10 bits per heavy atom. The minimum Gasteiger partial charge on any atom is -0.451 e. The van der Waals surface area contributed by atoms with Gasteiger partial charge in [0.25, 0.3) is 5.91 Å². The summed E-state index contributed by atoms with van der Waals surface area (Å²) in [5.41, 5.74) is 2.09. The van der Waals surface area contributed by atoms with E-state index in [1.165, 1.54) is 10.4 Å². The summed E-state index contributed by atoms with van der Waals surface area (Å²) in [7, 11) is -3.58. The first-order valence-corrected chi connectivity index (χ1v) is 11.1. The zero-order valence-corrected chi connectivity index (χ0v) is 17.9. The van der Waals surface area contributed by atoms with E-state index in [2.05, 4.69) is 5.32 Å². The highest BCUT2D eigenvalue weighted by molar-refractivity contribution is 7.89. The molecule has 1 heterocycles. The van der Waals surface area contributed by atoms with Crippen LogP contribution >= 0.6 is 0 Å². The lowest BCUT2D eigenvalue weighted by Crippen LogP contribution is -2.30. The summed E-state index contributed by atoms with van der Waals surface area (Å²) in [6.07, 6.45) is 0. The number of hydrogen-bond donors (Lipinski definition) is 1. The van der Waals surface area contributed by atoms with Crippen LogP contribution in [0.1, 0.15) is 48.5 Å². The normalized spacial score (nSPS) is 13.0. The molecular weight excluding hydrogens is 388 g/mol. The Morgan fingerprint density at radius 2 is 1.76 bits per heavy atom. The summed E-state index contributed by atoms with van der Waals surface area (Å²) in [6.45, 7) is 8.07. The molecule has 0 bridgehead atoms. The second kappa shape index (κ2) is 8.39. The van der Waals surface area contributed by atoms with E-state index in [1.54, 1.807) is 32.9 Å². The Balaban J connectivity index is 1.93. The number of hydrogen-bond acceptors (Lipinski definition) is 4. The highest BCUT2D eigenvalue weighted by Crippen LogP contribution is 2.29. The van der Waals surface area contributed by atoms with Crippen LogP contribution in [0, 0.1) is 6.92 Å². The molecule has 0 saturated heterocycles. The predicted octanol–water partition coefficient (Wildman–Crippen LogP) is 4.26. The number of fused-ring (bicyclic) bond motifs is 1. The fourth-order valence-corrected chi connectivity index (χ4v) is 4.86. The lowest BCUT2D eigenvalue weighted by atomic mass is 10.1. The van der Waals surface area contributed by atoms with Gasteiger partial charge in [0.1, 0.15) is 5.58 Å². The average molecular weight is 415 g/mol. The third kappa shape index (κ3) is 4.06. The molecule has 0 aliphatic heterocycles. The van der Waals surface area contributed by atoms with Crippen molar-refractivity contribution >= 4 is 26.9 Å². The summed E-state index contributed by atoms with van der Waals surface area (Å²) in [6, 6.07) is 14.2. The zero-order valence-electron chi connectivity index (χ0n) is 17.1. The molecule has 1 N–H and O–H groups in total. The van der Waals surface area contributed by atoms with Crippen LogP contribution in [0.2, 0.25) is 0 Å². The standard InChI is InChI=1S/C22H26N2O4S/c1-5-24(6-2)29(26,27)18-12-13-20-19(14-18)15(3)21(28-20)22(25)23-16(4)17-10-8-7-9-11-17/h7-14,16H,5-6H2,1-4H3,(H,23,25). The molecule has 3 rings (SSSR count). The summed E-state index contributed by atoms with van der Waals surface area (Å²) >= 11 is 0. The van der Waals surface area contributed by atoms with Crippen molar-refractivity contribution in [3.8, 4) is 0 Å². The fourth-order valence-electron chi connectivity index (χ4n) is 3.38. The molecule has 1 amide bonds. The molecule has 0 saturated carbocycles. The fraction of sp³-hybridized carbons (Fsp3) is 0.318. The molecular formula is C22H26N2O4S. The molecule has 0 aliphatic rings. The van der Waals surface area contributed by atoms with E-state index in [0.29, 0.717) is 29.6 Å². The Morgan fingerprint density at radius 3 is 2.38 bits per heavy atom. The monoisotopic (exact) mass is 414 g/mol. The SMILES string of the molecule is CCN(CC)S(=O)(=O)c1ccc2oc(C(=O)NC(C)c3ccccc3)c(C)c2c1. The summed E-state index contributed by atoms with van der Waals surface area (Å²) in [5.74, 6) is -0.136. The van der Waals surface area contributed by atoms with Gasteiger partial charge < -0.3 is 9.73 Å². The number of rotatable bonds is 7. The first kappa shape index (κ1) is 21.1. The highest BCUT2D eigenvalue weighted by atomic mass is 32.2. The van der Waals surface area contributed by atoms with Crippen molar-refractivity contribution in [1.82, 2.24) is 9.62 Å². The maximum atomic E-state index is 12.8. The first-order chi connectivity index (χ1) is 13.8. The molecule has 2 aromatic carbocycles. The van der Waals surface area contributed by atoms with Crippen LogP contribution in [-0.4, -0.2) is 31.7 Å². The lowest BCUT2D eigenvalue weighted by molar-refractivity contribution is 0.0913. The zero-order chi connectivity index (χ0) is 21.2. The Labute approximate surface area is 171 Å².